The van der Waals surface area contributed by atoms with E-state index in [0.29, 0.717) is 19.0 Å². The molecule has 3 N–H and O–H groups in total. The quantitative estimate of drug-likeness (QED) is 0.338. The van der Waals surface area contributed by atoms with Crippen molar-refractivity contribution in [1.29, 1.82) is 0 Å². The Balaban J connectivity index is 4.50. The second-order valence-electron chi connectivity index (χ2n) is 5.58. The van der Waals surface area contributed by atoms with Crippen LogP contribution in [0.15, 0.2) is 0 Å². The van der Waals surface area contributed by atoms with E-state index in [2.05, 4.69) is 12.2 Å². The van der Waals surface area contributed by atoms with Crippen LogP contribution in [0, 0.1) is 0 Å². The number of unbranched alkanes of at least 4 members (excludes halogenated alkanes) is 3. The number of carbonyl (C=O) groups is 5. The van der Waals surface area contributed by atoms with Crippen LogP contribution in [-0.2, 0) is 24.0 Å². The first-order chi connectivity index (χ1) is 11.4. The molecule has 0 fully saturated rings. The summed E-state index contributed by atoms with van der Waals surface area (Å²) in [5.41, 5.74) is 5.07. The highest BCUT2D eigenvalue weighted by molar-refractivity contribution is 5.89. The average molecular weight is 341 g/mol. The Morgan fingerprint density at radius 2 is 1.83 bits per heavy atom. The molecule has 0 saturated heterocycles. The van der Waals surface area contributed by atoms with Crippen molar-refractivity contribution in [2.24, 2.45) is 5.73 Å². The lowest BCUT2D eigenvalue weighted by atomic mass is 10.1. The van der Waals surface area contributed by atoms with Crippen LogP contribution in [0.2, 0.25) is 0 Å². The minimum Gasteiger partial charge on any atom is -0.368 e. The van der Waals surface area contributed by atoms with Gasteiger partial charge in [0.05, 0.1) is 12.6 Å². The lowest BCUT2D eigenvalue weighted by Gasteiger charge is -2.21. The lowest BCUT2D eigenvalue weighted by Crippen LogP contribution is -2.47. The zero-order chi connectivity index (χ0) is 18.4. The van der Waals surface area contributed by atoms with Gasteiger partial charge in [0.25, 0.3) is 0 Å². The highest BCUT2D eigenvalue weighted by Crippen LogP contribution is 2.05. The molecule has 8 nitrogen and oxygen atoms in total. The third-order valence-electron chi connectivity index (χ3n) is 3.39. The molecule has 136 valence electrons. The van der Waals surface area contributed by atoms with E-state index < -0.39 is 30.3 Å². The van der Waals surface area contributed by atoms with Crippen molar-refractivity contribution in [3.8, 4) is 0 Å². The number of nitrogens with two attached hydrogens (primary N) is 1. The van der Waals surface area contributed by atoms with E-state index in [9.17, 15) is 24.0 Å². The summed E-state index contributed by atoms with van der Waals surface area (Å²) >= 11 is 0. The molecule has 0 heterocycles. The van der Waals surface area contributed by atoms with E-state index in [-0.39, 0.29) is 19.4 Å². The Morgan fingerprint density at radius 3 is 2.38 bits per heavy atom. The van der Waals surface area contributed by atoms with Crippen molar-refractivity contribution in [2.75, 3.05) is 13.1 Å². The third kappa shape index (κ3) is 10.5. The molecule has 0 radical (unpaired) electrons. The first-order valence-corrected chi connectivity index (χ1v) is 8.18. The fourth-order valence-corrected chi connectivity index (χ4v) is 2.15. The van der Waals surface area contributed by atoms with Crippen LogP contribution in [0.4, 0.5) is 0 Å². The maximum absolute atomic E-state index is 12.0. The fourth-order valence-electron chi connectivity index (χ4n) is 2.15. The molecule has 1 unspecified atom stereocenters. The van der Waals surface area contributed by atoms with Gasteiger partial charge in [0.2, 0.25) is 17.7 Å². The van der Waals surface area contributed by atoms with Gasteiger partial charge < -0.3 is 25.5 Å². The van der Waals surface area contributed by atoms with Crippen molar-refractivity contribution >= 4 is 30.3 Å². The van der Waals surface area contributed by atoms with Gasteiger partial charge in [-0.05, 0) is 6.42 Å². The van der Waals surface area contributed by atoms with Crippen LogP contribution in [0.3, 0.4) is 0 Å². The van der Waals surface area contributed by atoms with Crippen LogP contribution in [0.25, 0.3) is 0 Å². The van der Waals surface area contributed by atoms with Gasteiger partial charge in [-0.25, -0.2) is 0 Å². The number of nitrogens with zero attached hydrogens (tertiary/aromatic N) is 1. The Labute approximate surface area is 142 Å². The minimum atomic E-state index is -0.756. The van der Waals surface area contributed by atoms with Crippen molar-refractivity contribution < 1.29 is 24.0 Å². The molecule has 0 aliphatic rings. The number of carbonyl (C=O) groups excluding carboxylic acids is 5. The molecule has 0 aromatic carbocycles. The maximum Gasteiger partial charge on any atom is 0.240 e. The fraction of sp³-hybridized carbons (Fsp3) is 0.688. The predicted octanol–water partition coefficient (Wildman–Crippen LogP) is -0.0665. The van der Waals surface area contributed by atoms with Gasteiger partial charge in [0.1, 0.15) is 19.1 Å². The molecular weight excluding hydrogens is 314 g/mol. The SMILES string of the molecule is CCCCCCC(C=O)NC(=O)CN(CC(N)=O)C(=O)CCC=O. The molecule has 0 rings (SSSR count). The summed E-state index contributed by atoms with van der Waals surface area (Å²) in [6.07, 6.45) is 5.62. The number of nitrogens with one attached hydrogen (secondary N) is 1. The largest absolute Gasteiger partial charge is 0.368 e. The average Bonchev–Trinajstić information content (AvgIpc) is 2.54. The van der Waals surface area contributed by atoms with Crippen molar-refractivity contribution in [3.05, 3.63) is 0 Å². The number of hydrogen-bond acceptors (Lipinski definition) is 5. The van der Waals surface area contributed by atoms with E-state index in [1.807, 2.05) is 0 Å². The van der Waals surface area contributed by atoms with Gasteiger partial charge in [-0.3, -0.25) is 14.4 Å². The van der Waals surface area contributed by atoms with E-state index >= 15 is 0 Å². The molecule has 0 bridgehead atoms. The number of primary amides is 1. The minimum absolute atomic E-state index is 0.00407. The molecule has 3 amide bonds. The second kappa shape index (κ2) is 13.2. The van der Waals surface area contributed by atoms with Crippen molar-refractivity contribution in [3.63, 3.8) is 0 Å². The van der Waals surface area contributed by atoms with Crippen LogP contribution in [0.1, 0.15) is 51.9 Å². The molecule has 24 heavy (non-hydrogen) atoms. The smallest absolute Gasteiger partial charge is 0.240 e. The highest BCUT2D eigenvalue weighted by atomic mass is 16.2. The van der Waals surface area contributed by atoms with Gasteiger partial charge in [0, 0.05) is 12.8 Å². The normalized spacial score (nSPS) is 11.4. The number of amides is 3. The zero-order valence-corrected chi connectivity index (χ0v) is 14.2. The van der Waals surface area contributed by atoms with Gasteiger partial charge in [0.15, 0.2) is 0 Å². The zero-order valence-electron chi connectivity index (χ0n) is 14.2. The highest BCUT2D eigenvalue weighted by Gasteiger charge is 2.20. The Bertz CT molecular complexity index is 439. The van der Waals surface area contributed by atoms with Crippen molar-refractivity contribution in [1.82, 2.24) is 10.2 Å². The van der Waals surface area contributed by atoms with Gasteiger partial charge in [-0.1, -0.05) is 32.6 Å². The van der Waals surface area contributed by atoms with Crippen LogP contribution >= 0.6 is 0 Å². The Kier molecular flexibility index (Phi) is 12.0. The first-order valence-electron chi connectivity index (χ1n) is 8.18. The summed E-state index contributed by atoms with van der Waals surface area (Å²) < 4.78 is 0. The Morgan fingerprint density at radius 1 is 1.12 bits per heavy atom. The molecule has 1 atom stereocenters. The number of rotatable bonds is 14. The molecule has 0 saturated carbocycles. The lowest BCUT2D eigenvalue weighted by molar-refractivity contribution is -0.139. The summed E-state index contributed by atoms with van der Waals surface area (Å²) in [6.45, 7) is 1.29. The molecule has 0 spiro atoms. The van der Waals surface area contributed by atoms with E-state index in [1.54, 1.807) is 0 Å². The van der Waals surface area contributed by atoms with Crippen LogP contribution in [-0.4, -0.2) is 54.3 Å². The summed E-state index contributed by atoms with van der Waals surface area (Å²) in [4.78, 5) is 57.2. The molecule has 0 aliphatic heterocycles. The van der Waals surface area contributed by atoms with Gasteiger partial charge in [-0.2, -0.15) is 0 Å². The van der Waals surface area contributed by atoms with Crippen LogP contribution in [0.5, 0.6) is 0 Å². The molecule has 8 heteroatoms. The maximum atomic E-state index is 12.0. The van der Waals surface area contributed by atoms with E-state index in [0.717, 1.165) is 30.6 Å². The number of aldehydes is 2. The van der Waals surface area contributed by atoms with Crippen LogP contribution < -0.4 is 11.1 Å². The summed E-state index contributed by atoms with van der Waals surface area (Å²) in [7, 11) is 0. The first kappa shape index (κ1) is 21.8. The monoisotopic (exact) mass is 341 g/mol. The molecular formula is C16H27N3O5. The van der Waals surface area contributed by atoms with E-state index in [1.165, 1.54) is 0 Å². The molecule has 0 aliphatic carbocycles. The third-order valence-corrected chi connectivity index (χ3v) is 3.39. The predicted molar refractivity (Wildman–Crippen MR) is 87.8 cm³/mol. The Hall–Kier alpha value is -2.25. The molecule has 0 aromatic rings. The summed E-state index contributed by atoms with van der Waals surface area (Å²) in [5.74, 6) is -1.81. The van der Waals surface area contributed by atoms with Gasteiger partial charge >= 0.3 is 0 Å². The number of hydrogen-bond donors (Lipinski definition) is 2. The topological polar surface area (TPSA) is 127 Å². The second-order valence-corrected chi connectivity index (χ2v) is 5.58. The van der Waals surface area contributed by atoms with Crippen molar-refractivity contribution in [2.45, 2.75) is 57.9 Å². The molecule has 0 aromatic heterocycles. The summed E-state index contributed by atoms with van der Waals surface area (Å²) in [5, 5.41) is 2.54. The summed E-state index contributed by atoms with van der Waals surface area (Å²) in [6, 6.07) is -0.616. The standard InChI is InChI=1S/C16H27N3O5/c1-2-3-4-5-7-13(12-21)18-15(23)11-19(10-14(17)22)16(24)8-6-9-20/h9,12-13H,2-8,10-11H2,1H3,(H2,17,22)(H,18,23). The van der Waals surface area contributed by atoms with Gasteiger partial charge in [-0.15, -0.1) is 0 Å². The van der Waals surface area contributed by atoms with E-state index in [4.69, 9.17) is 5.73 Å².